The summed E-state index contributed by atoms with van der Waals surface area (Å²) in [5.74, 6) is -0.293. The first-order valence-corrected chi connectivity index (χ1v) is 6.30. The third-order valence-electron chi connectivity index (χ3n) is 2.68. The molecule has 1 N–H and O–H groups in total. The van der Waals surface area contributed by atoms with Gasteiger partial charge in [-0.05, 0) is 19.3 Å². The number of carbonyl (C=O) groups is 2. The second kappa shape index (κ2) is 6.59. The van der Waals surface area contributed by atoms with Crippen LogP contribution in [-0.4, -0.2) is 36.1 Å². The van der Waals surface area contributed by atoms with Crippen LogP contribution >= 0.6 is 0 Å². The van der Waals surface area contributed by atoms with Crippen molar-refractivity contribution in [2.24, 2.45) is 5.92 Å². The van der Waals surface area contributed by atoms with Crippen LogP contribution in [0.3, 0.4) is 0 Å². The molecule has 0 aromatic rings. The van der Waals surface area contributed by atoms with Crippen molar-refractivity contribution in [3.63, 3.8) is 0 Å². The number of nitrogens with one attached hydrogen (secondary N) is 1. The molecule has 5 heteroatoms. The van der Waals surface area contributed by atoms with E-state index in [4.69, 9.17) is 4.74 Å². The molecule has 0 aliphatic carbocycles. The van der Waals surface area contributed by atoms with Crippen molar-refractivity contribution >= 4 is 11.9 Å². The monoisotopic (exact) mass is 242 g/mol. The van der Waals surface area contributed by atoms with E-state index in [1.165, 1.54) is 0 Å². The Labute approximate surface area is 102 Å². The van der Waals surface area contributed by atoms with Crippen molar-refractivity contribution in [1.82, 2.24) is 10.4 Å². The Kier molecular flexibility index (Phi) is 5.41. The van der Waals surface area contributed by atoms with Crippen LogP contribution in [0.2, 0.25) is 0 Å². The molecule has 1 unspecified atom stereocenters. The summed E-state index contributed by atoms with van der Waals surface area (Å²) in [5, 5.41) is 1.55. The molecule has 0 radical (unpaired) electrons. The zero-order chi connectivity index (χ0) is 12.8. The second-order valence-corrected chi connectivity index (χ2v) is 4.64. The van der Waals surface area contributed by atoms with Gasteiger partial charge in [-0.3, -0.25) is 14.6 Å². The first kappa shape index (κ1) is 14.0. The molecule has 1 aliphatic rings. The SMILES string of the molecule is CCCOC(=O)C1CCCN(C(=O)C(C)C)N1. The topological polar surface area (TPSA) is 58.6 Å². The average Bonchev–Trinajstić information content (AvgIpc) is 2.35. The van der Waals surface area contributed by atoms with Crippen LogP contribution in [0.1, 0.15) is 40.0 Å². The van der Waals surface area contributed by atoms with Crippen molar-refractivity contribution in [2.45, 2.75) is 46.1 Å². The van der Waals surface area contributed by atoms with E-state index in [2.05, 4.69) is 5.43 Å². The highest BCUT2D eigenvalue weighted by molar-refractivity contribution is 5.80. The summed E-state index contributed by atoms with van der Waals surface area (Å²) in [5.41, 5.74) is 2.95. The molecule has 1 heterocycles. The molecule has 1 fully saturated rings. The lowest BCUT2D eigenvalue weighted by Crippen LogP contribution is -2.56. The smallest absolute Gasteiger partial charge is 0.324 e. The van der Waals surface area contributed by atoms with Crippen LogP contribution in [0.25, 0.3) is 0 Å². The predicted octanol–water partition coefficient (Wildman–Crippen LogP) is 1.09. The fourth-order valence-corrected chi connectivity index (χ4v) is 1.73. The van der Waals surface area contributed by atoms with Crippen LogP contribution in [0, 0.1) is 5.92 Å². The normalized spacial score (nSPS) is 20.5. The van der Waals surface area contributed by atoms with Gasteiger partial charge in [-0.1, -0.05) is 20.8 Å². The maximum atomic E-state index is 11.8. The van der Waals surface area contributed by atoms with Crippen LogP contribution in [0.5, 0.6) is 0 Å². The molecule has 1 atom stereocenters. The van der Waals surface area contributed by atoms with Crippen molar-refractivity contribution in [3.05, 3.63) is 0 Å². The molecule has 17 heavy (non-hydrogen) atoms. The highest BCUT2D eigenvalue weighted by Crippen LogP contribution is 2.11. The van der Waals surface area contributed by atoms with Gasteiger partial charge in [0, 0.05) is 12.5 Å². The van der Waals surface area contributed by atoms with E-state index in [9.17, 15) is 9.59 Å². The summed E-state index contributed by atoms with van der Waals surface area (Å²) in [6.45, 7) is 6.76. The number of nitrogens with zero attached hydrogens (tertiary/aromatic N) is 1. The number of rotatable bonds is 4. The zero-order valence-electron chi connectivity index (χ0n) is 10.9. The maximum absolute atomic E-state index is 11.8. The Morgan fingerprint density at radius 1 is 1.47 bits per heavy atom. The average molecular weight is 242 g/mol. The largest absolute Gasteiger partial charge is 0.464 e. The fourth-order valence-electron chi connectivity index (χ4n) is 1.73. The maximum Gasteiger partial charge on any atom is 0.324 e. The van der Waals surface area contributed by atoms with Gasteiger partial charge in [0.25, 0.3) is 0 Å². The quantitative estimate of drug-likeness (QED) is 0.750. The minimum absolute atomic E-state index is 0.0259. The van der Waals surface area contributed by atoms with Gasteiger partial charge in [-0.15, -0.1) is 0 Å². The molecular formula is C12H22N2O3. The summed E-state index contributed by atoms with van der Waals surface area (Å²) in [6.07, 6.45) is 2.37. The number of amides is 1. The van der Waals surface area contributed by atoms with E-state index in [0.717, 1.165) is 19.3 Å². The first-order valence-electron chi connectivity index (χ1n) is 6.30. The van der Waals surface area contributed by atoms with Gasteiger partial charge in [0.15, 0.2) is 0 Å². The van der Waals surface area contributed by atoms with E-state index >= 15 is 0 Å². The minimum atomic E-state index is -0.377. The zero-order valence-corrected chi connectivity index (χ0v) is 10.9. The Bertz CT molecular complexity index is 279. The summed E-state index contributed by atoms with van der Waals surface area (Å²) < 4.78 is 5.08. The van der Waals surface area contributed by atoms with E-state index in [0.29, 0.717) is 13.2 Å². The molecule has 5 nitrogen and oxygen atoms in total. The van der Waals surface area contributed by atoms with E-state index in [1.807, 2.05) is 20.8 Å². The van der Waals surface area contributed by atoms with Crippen molar-refractivity contribution in [2.75, 3.05) is 13.2 Å². The molecule has 1 amide bonds. The summed E-state index contributed by atoms with van der Waals surface area (Å²) in [4.78, 5) is 23.5. The van der Waals surface area contributed by atoms with Crippen LogP contribution in [0.4, 0.5) is 0 Å². The molecule has 1 rings (SSSR count). The van der Waals surface area contributed by atoms with E-state index in [1.54, 1.807) is 5.01 Å². The number of hydrazine groups is 1. The van der Waals surface area contributed by atoms with Crippen molar-refractivity contribution in [1.29, 1.82) is 0 Å². The van der Waals surface area contributed by atoms with Gasteiger partial charge in [0.1, 0.15) is 6.04 Å². The highest BCUT2D eigenvalue weighted by atomic mass is 16.5. The lowest BCUT2D eigenvalue weighted by Gasteiger charge is -2.33. The predicted molar refractivity (Wildman–Crippen MR) is 64.0 cm³/mol. The number of hydrogen-bond acceptors (Lipinski definition) is 4. The van der Waals surface area contributed by atoms with Gasteiger partial charge in [0.2, 0.25) is 5.91 Å². The summed E-state index contributed by atoms with van der Waals surface area (Å²) >= 11 is 0. The van der Waals surface area contributed by atoms with Crippen LogP contribution in [0.15, 0.2) is 0 Å². The molecule has 0 bridgehead atoms. The fraction of sp³-hybridized carbons (Fsp3) is 0.833. The van der Waals surface area contributed by atoms with Gasteiger partial charge in [-0.2, -0.15) is 0 Å². The third kappa shape index (κ3) is 4.00. The highest BCUT2D eigenvalue weighted by Gasteiger charge is 2.29. The molecular weight excluding hydrogens is 220 g/mol. The number of carbonyl (C=O) groups excluding carboxylic acids is 2. The Morgan fingerprint density at radius 3 is 2.76 bits per heavy atom. The van der Waals surface area contributed by atoms with Crippen LogP contribution < -0.4 is 5.43 Å². The molecule has 0 aromatic carbocycles. The van der Waals surface area contributed by atoms with Gasteiger partial charge < -0.3 is 4.74 Å². The minimum Gasteiger partial charge on any atom is -0.464 e. The van der Waals surface area contributed by atoms with Crippen LogP contribution in [-0.2, 0) is 14.3 Å². The summed E-state index contributed by atoms with van der Waals surface area (Å²) in [6, 6.07) is -0.377. The Morgan fingerprint density at radius 2 is 2.18 bits per heavy atom. The molecule has 98 valence electrons. The molecule has 1 aliphatic heterocycles. The van der Waals surface area contributed by atoms with Gasteiger partial charge in [0.05, 0.1) is 6.61 Å². The standard InChI is InChI=1S/C12H22N2O3/c1-4-8-17-12(16)10-6-5-7-14(13-10)11(15)9(2)3/h9-10,13H,4-8H2,1-3H3. The summed E-state index contributed by atoms with van der Waals surface area (Å²) in [7, 11) is 0. The number of hydrogen-bond donors (Lipinski definition) is 1. The molecule has 0 spiro atoms. The number of ether oxygens (including phenoxy) is 1. The Hall–Kier alpha value is -1.10. The Balaban J connectivity index is 2.48. The van der Waals surface area contributed by atoms with Gasteiger partial charge >= 0.3 is 5.97 Å². The molecule has 0 aromatic heterocycles. The number of esters is 1. The third-order valence-corrected chi connectivity index (χ3v) is 2.68. The van der Waals surface area contributed by atoms with Crippen molar-refractivity contribution in [3.8, 4) is 0 Å². The second-order valence-electron chi connectivity index (χ2n) is 4.64. The van der Waals surface area contributed by atoms with E-state index in [-0.39, 0.29) is 23.8 Å². The lowest BCUT2D eigenvalue weighted by atomic mass is 10.1. The first-order chi connectivity index (χ1) is 8.06. The van der Waals surface area contributed by atoms with Crippen molar-refractivity contribution < 1.29 is 14.3 Å². The molecule has 0 saturated carbocycles. The van der Waals surface area contributed by atoms with E-state index < -0.39 is 0 Å². The molecule has 1 saturated heterocycles. The lowest BCUT2D eigenvalue weighted by molar-refractivity contribution is -0.152. The van der Waals surface area contributed by atoms with Gasteiger partial charge in [-0.25, -0.2) is 5.43 Å².